The Bertz CT molecular complexity index is 984. The number of carbonyl (C=O) groups is 4. The Morgan fingerprint density at radius 1 is 0.967 bits per heavy atom. The molecule has 1 aliphatic rings. The predicted molar refractivity (Wildman–Crippen MR) is 101 cm³/mol. The molecule has 1 unspecified atom stereocenters. The van der Waals surface area contributed by atoms with Gasteiger partial charge in [0.05, 0.1) is 11.9 Å². The van der Waals surface area contributed by atoms with E-state index in [1.807, 2.05) is 0 Å². The third kappa shape index (κ3) is 4.73. The van der Waals surface area contributed by atoms with E-state index in [4.69, 9.17) is 5.73 Å². The summed E-state index contributed by atoms with van der Waals surface area (Å²) >= 11 is 0. The van der Waals surface area contributed by atoms with Gasteiger partial charge in [0.25, 0.3) is 0 Å². The number of nitrogens with one attached hydrogen (secondary N) is 2. The summed E-state index contributed by atoms with van der Waals surface area (Å²) < 4.78 is 0. The summed E-state index contributed by atoms with van der Waals surface area (Å²) in [5.74, 6) is -4.03. The smallest absolute Gasteiger partial charge is 0.666 e. The Balaban J connectivity index is 0.00000320. The molecule has 0 aliphatic carbocycles. The Hall–Kier alpha value is -3.08. The summed E-state index contributed by atoms with van der Waals surface area (Å²) in [5.41, 5.74) is 7.93. The second-order valence-electron chi connectivity index (χ2n) is 6.24. The van der Waals surface area contributed by atoms with E-state index < -0.39 is 35.5 Å². The van der Waals surface area contributed by atoms with Crippen molar-refractivity contribution in [1.82, 2.24) is 10.2 Å². The Morgan fingerprint density at radius 3 is 2.23 bits per heavy atom. The van der Waals surface area contributed by atoms with Crippen LogP contribution in [0.2, 0.25) is 0 Å². The summed E-state index contributed by atoms with van der Waals surface area (Å²) in [4.78, 5) is 50.7. The average molecular weight is 420 g/mol. The standard InChI is InChI=1S/C19H18N4O6.Na/c20-16(26)15(11-4-2-1-3-5-11)21-19(29)23-9-8-22(17(27)18(23)28)12-6-7-13(24)14(25)10-12;/h1-7,10,15H,8-9H2,(H5,20,21,24,25,26,27,28,29);/q;+1/p-1. The van der Waals surface area contributed by atoms with E-state index in [1.54, 1.807) is 30.3 Å². The van der Waals surface area contributed by atoms with Gasteiger partial charge in [-0.25, -0.2) is 4.79 Å². The van der Waals surface area contributed by atoms with Crippen molar-refractivity contribution in [2.24, 2.45) is 0 Å². The normalized spacial score (nSPS) is 14.7. The number of phenols is 2. The molecule has 11 heteroatoms. The van der Waals surface area contributed by atoms with Crippen LogP contribution in [0.3, 0.4) is 0 Å². The van der Waals surface area contributed by atoms with Crippen LogP contribution in [0.1, 0.15) is 11.6 Å². The first-order chi connectivity index (χ1) is 13.8. The maximum absolute atomic E-state index is 12.5. The summed E-state index contributed by atoms with van der Waals surface area (Å²) in [7, 11) is 0. The van der Waals surface area contributed by atoms with Gasteiger partial charge in [-0.15, -0.1) is 0 Å². The van der Waals surface area contributed by atoms with E-state index in [-0.39, 0.29) is 54.1 Å². The molecule has 0 bridgehead atoms. The topological polar surface area (TPSA) is 151 Å². The van der Waals surface area contributed by atoms with Gasteiger partial charge in [0.2, 0.25) is 0 Å². The monoisotopic (exact) mass is 420 g/mol. The van der Waals surface area contributed by atoms with Gasteiger partial charge in [0.15, 0.2) is 11.5 Å². The number of hydrogen-bond acceptors (Lipinski definition) is 6. The second-order valence-corrected chi connectivity index (χ2v) is 6.24. The summed E-state index contributed by atoms with van der Waals surface area (Å²) in [5, 5.41) is 21.3. The second kappa shape index (κ2) is 9.61. The van der Waals surface area contributed by atoms with Gasteiger partial charge in [-0.3, -0.25) is 14.5 Å². The molecule has 5 amide bonds. The molecule has 2 aromatic rings. The Kier molecular flexibility index (Phi) is 7.43. The first-order valence-electron chi connectivity index (χ1n) is 8.56. The van der Waals surface area contributed by atoms with Crippen LogP contribution in [-0.4, -0.2) is 52.0 Å². The third-order valence-corrected chi connectivity index (χ3v) is 4.40. The van der Waals surface area contributed by atoms with E-state index in [1.165, 1.54) is 12.1 Å². The van der Waals surface area contributed by atoms with E-state index >= 15 is 0 Å². The fourth-order valence-electron chi connectivity index (χ4n) is 2.90. The largest absolute Gasteiger partial charge is 1.00 e. The molecule has 0 aromatic heterocycles. The van der Waals surface area contributed by atoms with Crippen LogP contribution in [0, 0.1) is 0 Å². The molecular formula is C19H17N4NaO6. The zero-order valence-corrected chi connectivity index (χ0v) is 18.0. The first-order valence-corrected chi connectivity index (χ1v) is 8.56. The van der Waals surface area contributed by atoms with Crippen LogP contribution in [-0.2, 0) is 14.4 Å². The van der Waals surface area contributed by atoms with Crippen molar-refractivity contribution >= 4 is 29.4 Å². The van der Waals surface area contributed by atoms with E-state index in [2.05, 4.69) is 5.32 Å². The summed E-state index contributed by atoms with van der Waals surface area (Å²) in [6.07, 6.45) is 0. The molecule has 1 aliphatic heterocycles. The number of urea groups is 1. The minimum atomic E-state index is -1.28. The number of carbonyl (C=O) groups excluding carboxylic acids is 4. The maximum atomic E-state index is 12.5. The molecule has 1 atom stereocenters. The van der Waals surface area contributed by atoms with Gasteiger partial charge in [-0.2, -0.15) is 0 Å². The van der Waals surface area contributed by atoms with Crippen molar-refractivity contribution in [2.75, 3.05) is 18.0 Å². The minimum Gasteiger partial charge on any atom is -0.666 e. The van der Waals surface area contributed by atoms with E-state index in [9.17, 15) is 29.4 Å². The molecular weight excluding hydrogens is 403 g/mol. The number of aromatic hydroxyl groups is 2. The number of rotatable bonds is 4. The van der Waals surface area contributed by atoms with Crippen molar-refractivity contribution in [3.05, 3.63) is 59.8 Å². The molecule has 0 spiro atoms. The molecule has 30 heavy (non-hydrogen) atoms. The number of piperazine rings is 1. The number of nitrogens with zero attached hydrogens (tertiary/aromatic N) is 2. The van der Waals surface area contributed by atoms with Crippen molar-refractivity contribution < 1.29 is 58.9 Å². The molecule has 10 nitrogen and oxygen atoms in total. The number of anilines is 1. The maximum Gasteiger partial charge on any atom is 1.00 e. The number of amides is 5. The number of imide groups is 1. The van der Waals surface area contributed by atoms with E-state index in [0.717, 1.165) is 11.0 Å². The van der Waals surface area contributed by atoms with Crippen LogP contribution in [0.5, 0.6) is 11.5 Å². The van der Waals surface area contributed by atoms with Crippen molar-refractivity contribution in [1.29, 1.82) is 0 Å². The molecule has 1 heterocycles. The van der Waals surface area contributed by atoms with Crippen LogP contribution < -0.4 is 39.8 Å². The van der Waals surface area contributed by atoms with Crippen molar-refractivity contribution in [3.63, 3.8) is 0 Å². The Morgan fingerprint density at radius 2 is 1.63 bits per heavy atom. The molecule has 0 saturated carbocycles. The van der Waals surface area contributed by atoms with Crippen LogP contribution in [0.4, 0.5) is 10.5 Å². The fourth-order valence-corrected chi connectivity index (χ4v) is 2.90. The quantitative estimate of drug-likeness (QED) is 0.305. The first kappa shape index (κ1) is 23.2. The number of benzene rings is 2. The van der Waals surface area contributed by atoms with E-state index in [0.29, 0.717) is 10.5 Å². The fraction of sp³-hybridized carbons (Fsp3) is 0.158. The molecule has 1 fully saturated rings. The van der Waals surface area contributed by atoms with Crippen LogP contribution >= 0.6 is 0 Å². The zero-order chi connectivity index (χ0) is 21.1. The van der Waals surface area contributed by atoms with Gasteiger partial charge >= 0.3 is 47.4 Å². The van der Waals surface area contributed by atoms with Gasteiger partial charge < -0.3 is 31.0 Å². The van der Waals surface area contributed by atoms with Gasteiger partial charge in [0, 0.05) is 24.8 Å². The number of hydrogen-bond donors (Lipinski definition) is 3. The molecule has 1 saturated heterocycles. The van der Waals surface area contributed by atoms with Gasteiger partial charge in [-0.05, 0) is 17.7 Å². The molecule has 150 valence electrons. The van der Waals surface area contributed by atoms with Crippen molar-refractivity contribution in [3.8, 4) is 11.5 Å². The van der Waals surface area contributed by atoms with Crippen molar-refractivity contribution in [2.45, 2.75) is 6.04 Å². The number of phenolic OH excluding ortho intramolecular Hbond substituents is 2. The van der Waals surface area contributed by atoms with Gasteiger partial charge in [-0.1, -0.05) is 30.3 Å². The van der Waals surface area contributed by atoms with Crippen LogP contribution in [0.15, 0.2) is 48.5 Å². The summed E-state index contributed by atoms with van der Waals surface area (Å²) in [6, 6.07) is 9.49. The average Bonchev–Trinajstić information content (AvgIpc) is 2.70. The predicted octanol–water partition coefficient (Wildman–Crippen LogP) is -1.69. The molecule has 0 radical (unpaired) electrons. The summed E-state index contributed by atoms with van der Waals surface area (Å²) in [6.45, 7) is -0.210. The molecule has 4 N–H and O–H groups in total. The molecule has 2 aromatic carbocycles. The SMILES string of the molecule is [NH-]C(=O)C(NC(=O)N1CCN(c2ccc(O)c(O)c2)C(=O)C1=O)c1ccccc1.[Na+]. The third-order valence-electron chi connectivity index (χ3n) is 4.40. The minimum absolute atomic E-state index is 0. The van der Waals surface area contributed by atoms with Gasteiger partial charge in [0.1, 0.15) is 0 Å². The van der Waals surface area contributed by atoms with Crippen LogP contribution in [0.25, 0.3) is 5.73 Å². The molecule has 3 rings (SSSR count). The zero-order valence-electron chi connectivity index (χ0n) is 16.0. The Labute approximate surface area is 193 Å².